The van der Waals surface area contributed by atoms with Gasteiger partial charge in [0.25, 0.3) is 0 Å². The largest absolute Gasteiger partial charge is 0.363 e. The van der Waals surface area contributed by atoms with Crippen LogP contribution in [-0.2, 0) is 16.6 Å². The van der Waals surface area contributed by atoms with Crippen LogP contribution in [0.3, 0.4) is 0 Å². The van der Waals surface area contributed by atoms with Crippen molar-refractivity contribution >= 4 is 10.0 Å². The zero-order valence-corrected chi connectivity index (χ0v) is 14.2. The lowest BCUT2D eigenvalue weighted by Crippen LogP contribution is -2.48. The Morgan fingerprint density at radius 3 is 2.76 bits per heavy atom. The highest BCUT2D eigenvalue weighted by atomic mass is 32.2. The van der Waals surface area contributed by atoms with Crippen LogP contribution in [0, 0.1) is 11.8 Å². The van der Waals surface area contributed by atoms with Gasteiger partial charge in [-0.05, 0) is 37.8 Å². The summed E-state index contributed by atoms with van der Waals surface area (Å²) in [6.07, 6.45) is 2.70. The molecule has 1 saturated heterocycles. The second kappa shape index (κ2) is 6.50. The molecule has 1 aromatic heterocycles. The monoisotopic (exact) mass is 313 g/mol. The highest BCUT2D eigenvalue weighted by molar-refractivity contribution is 7.89. The third-order valence-corrected chi connectivity index (χ3v) is 6.36. The molecule has 3 unspecified atom stereocenters. The van der Waals surface area contributed by atoms with Crippen LogP contribution in [0.1, 0.15) is 39.8 Å². The van der Waals surface area contributed by atoms with E-state index in [-0.39, 0.29) is 6.04 Å². The van der Waals surface area contributed by atoms with E-state index in [1.54, 1.807) is 16.6 Å². The van der Waals surface area contributed by atoms with Crippen LogP contribution in [-0.4, -0.2) is 36.8 Å². The summed E-state index contributed by atoms with van der Waals surface area (Å²) in [6, 6.07) is 1.80. The maximum absolute atomic E-state index is 12.9. The van der Waals surface area contributed by atoms with E-state index in [1.807, 2.05) is 13.8 Å². The first kappa shape index (κ1) is 16.5. The van der Waals surface area contributed by atoms with Crippen molar-refractivity contribution in [3.05, 3.63) is 18.0 Å². The number of H-pyrrole nitrogens is 1. The standard InChI is InChI=1S/C15H27N3O2S/c1-5-16-8-14-7-15(9-17-14)21(19,20)18-10-11(2)6-12(3)13(18)4/h7,9,11-13,16-17H,5-6,8,10H2,1-4H3. The highest BCUT2D eigenvalue weighted by Gasteiger charge is 2.37. The van der Waals surface area contributed by atoms with Crippen LogP contribution in [0.2, 0.25) is 0 Å². The van der Waals surface area contributed by atoms with Gasteiger partial charge in [-0.25, -0.2) is 8.42 Å². The topological polar surface area (TPSA) is 65.2 Å². The van der Waals surface area contributed by atoms with Gasteiger partial charge >= 0.3 is 0 Å². The molecular formula is C15H27N3O2S. The summed E-state index contributed by atoms with van der Waals surface area (Å²) < 4.78 is 27.4. The van der Waals surface area contributed by atoms with Crippen molar-refractivity contribution in [3.8, 4) is 0 Å². The van der Waals surface area contributed by atoms with Gasteiger partial charge in [-0.3, -0.25) is 0 Å². The van der Waals surface area contributed by atoms with Gasteiger partial charge in [-0.15, -0.1) is 0 Å². The lowest BCUT2D eigenvalue weighted by atomic mass is 9.88. The Morgan fingerprint density at radius 1 is 1.38 bits per heavy atom. The van der Waals surface area contributed by atoms with E-state index in [0.717, 1.165) is 18.7 Å². The van der Waals surface area contributed by atoms with E-state index >= 15 is 0 Å². The van der Waals surface area contributed by atoms with E-state index in [0.29, 0.717) is 29.8 Å². The third kappa shape index (κ3) is 3.49. The summed E-state index contributed by atoms with van der Waals surface area (Å²) in [4.78, 5) is 3.43. The number of nitrogens with zero attached hydrogens (tertiary/aromatic N) is 1. The maximum atomic E-state index is 12.9. The first-order chi connectivity index (χ1) is 9.86. The Hall–Kier alpha value is -0.850. The fraction of sp³-hybridized carbons (Fsp3) is 0.733. The van der Waals surface area contributed by atoms with Crippen LogP contribution in [0.4, 0.5) is 0 Å². The van der Waals surface area contributed by atoms with E-state index < -0.39 is 10.0 Å². The number of piperidine rings is 1. The van der Waals surface area contributed by atoms with Gasteiger partial charge in [0.1, 0.15) is 0 Å². The molecule has 1 aliphatic rings. The van der Waals surface area contributed by atoms with Crippen LogP contribution < -0.4 is 5.32 Å². The summed E-state index contributed by atoms with van der Waals surface area (Å²) >= 11 is 0. The molecule has 21 heavy (non-hydrogen) atoms. The molecule has 2 rings (SSSR count). The predicted molar refractivity (Wildman–Crippen MR) is 84.5 cm³/mol. The Kier molecular flexibility index (Phi) is 5.11. The molecule has 2 heterocycles. The summed E-state index contributed by atoms with van der Waals surface area (Å²) in [5, 5.41) is 3.19. The summed E-state index contributed by atoms with van der Waals surface area (Å²) in [5.41, 5.74) is 0.904. The summed E-state index contributed by atoms with van der Waals surface area (Å²) in [6.45, 7) is 10.4. The van der Waals surface area contributed by atoms with Gasteiger partial charge in [-0.1, -0.05) is 20.8 Å². The molecule has 120 valence electrons. The first-order valence-electron chi connectivity index (χ1n) is 7.76. The average molecular weight is 313 g/mol. The van der Waals surface area contributed by atoms with E-state index in [1.165, 1.54) is 0 Å². The summed E-state index contributed by atoms with van der Waals surface area (Å²) in [5.74, 6) is 0.801. The fourth-order valence-corrected chi connectivity index (χ4v) is 4.91. The van der Waals surface area contributed by atoms with Crippen LogP contribution in [0.25, 0.3) is 0 Å². The maximum Gasteiger partial charge on any atom is 0.244 e. The molecule has 0 spiro atoms. The number of hydrogen-bond acceptors (Lipinski definition) is 3. The highest BCUT2D eigenvalue weighted by Crippen LogP contribution is 2.31. The van der Waals surface area contributed by atoms with Gasteiger partial charge in [0.2, 0.25) is 10.0 Å². The zero-order chi connectivity index (χ0) is 15.6. The molecule has 5 nitrogen and oxygen atoms in total. The molecular weight excluding hydrogens is 286 g/mol. The van der Waals surface area contributed by atoms with Gasteiger partial charge in [0.05, 0.1) is 4.90 Å². The van der Waals surface area contributed by atoms with Crippen molar-refractivity contribution in [1.82, 2.24) is 14.6 Å². The number of nitrogens with one attached hydrogen (secondary N) is 2. The van der Waals surface area contributed by atoms with E-state index in [4.69, 9.17) is 0 Å². The van der Waals surface area contributed by atoms with Crippen molar-refractivity contribution in [2.24, 2.45) is 11.8 Å². The van der Waals surface area contributed by atoms with Gasteiger partial charge in [0, 0.05) is 31.0 Å². The Labute approximate surface area is 128 Å². The van der Waals surface area contributed by atoms with Crippen molar-refractivity contribution in [2.45, 2.75) is 51.6 Å². The minimum atomic E-state index is -3.41. The van der Waals surface area contributed by atoms with Crippen LogP contribution in [0.15, 0.2) is 17.2 Å². The van der Waals surface area contributed by atoms with Gasteiger partial charge in [0.15, 0.2) is 0 Å². The predicted octanol–water partition coefficient (Wildman–Crippen LogP) is 2.18. The fourth-order valence-electron chi connectivity index (χ4n) is 3.05. The summed E-state index contributed by atoms with van der Waals surface area (Å²) in [7, 11) is -3.41. The first-order valence-corrected chi connectivity index (χ1v) is 9.20. The second-order valence-corrected chi connectivity index (χ2v) is 8.16. The third-order valence-electron chi connectivity index (χ3n) is 4.43. The SMILES string of the molecule is CCNCc1cc(S(=O)(=O)N2CC(C)CC(C)C2C)c[nH]1. The molecule has 0 amide bonds. The lowest BCUT2D eigenvalue weighted by Gasteiger charge is -2.39. The molecule has 1 aromatic rings. The molecule has 0 aromatic carbocycles. The molecule has 0 aliphatic carbocycles. The second-order valence-electron chi connectivity index (χ2n) is 6.27. The molecule has 2 N–H and O–H groups in total. The Bertz CT molecular complexity index is 567. The van der Waals surface area contributed by atoms with Gasteiger partial charge < -0.3 is 10.3 Å². The smallest absolute Gasteiger partial charge is 0.244 e. The number of rotatable bonds is 5. The van der Waals surface area contributed by atoms with E-state index in [2.05, 4.69) is 24.1 Å². The van der Waals surface area contributed by atoms with Gasteiger partial charge in [-0.2, -0.15) is 4.31 Å². The minimum absolute atomic E-state index is 0.0540. The van der Waals surface area contributed by atoms with Crippen molar-refractivity contribution in [2.75, 3.05) is 13.1 Å². The average Bonchev–Trinajstić information content (AvgIpc) is 2.90. The quantitative estimate of drug-likeness (QED) is 0.875. The number of aromatic nitrogens is 1. The Balaban J connectivity index is 2.22. The number of hydrogen-bond donors (Lipinski definition) is 2. The number of aromatic amines is 1. The molecule has 0 bridgehead atoms. The molecule has 1 fully saturated rings. The molecule has 1 aliphatic heterocycles. The van der Waals surface area contributed by atoms with Crippen molar-refractivity contribution in [1.29, 1.82) is 0 Å². The normalized spacial score (nSPS) is 27.9. The van der Waals surface area contributed by atoms with Crippen molar-refractivity contribution < 1.29 is 8.42 Å². The van der Waals surface area contributed by atoms with Crippen LogP contribution >= 0.6 is 0 Å². The van der Waals surface area contributed by atoms with Crippen LogP contribution in [0.5, 0.6) is 0 Å². The van der Waals surface area contributed by atoms with Crippen molar-refractivity contribution in [3.63, 3.8) is 0 Å². The minimum Gasteiger partial charge on any atom is -0.363 e. The van der Waals surface area contributed by atoms with E-state index in [9.17, 15) is 8.42 Å². The molecule has 0 saturated carbocycles. The lowest BCUT2D eigenvalue weighted by molar-refractivity contribution is 0.157. The molecule has 3 atom stereocenters. The Morgan fingerprint density at radius 2 is 2.10 bits per heavy atom. The number of sulfonamides is 1. The molecule has 0 radical (unpaired) electrons. The zero-order valence-electron chi connectivity index (χ0n) is 13.4. The molecule has 6 heteroatoms.